The van der Waals surface area contributed by atoms with Crippen molar-refractivity contribution in [1.29, 1.82) is 0 Å². The molecular formula is C22H21F6NO3S. The molecular weight excluding hydrogens is 472 g/mol. The van der Waals surface area contributed by atoms with Gasteiger partial charge in [-0.3, -0.25) is 4.79 Å². The zero-order chi connectivity index (χ0) is 24.8. The molecule has 1 aliphatic carbocycles. The Morgan fingerprint density at radius 1 is 0.879 bits per heavy atom. The predicted octanol–water partition coefficient (Wildman–Crippen LogP) is 5.94. The fraction of sp³-hybridized carbons (Fsp3) is 0.409. The fourth-order valence-corrected chi connectivity index (χ4v) is 5.53. The van der Waals surface area contributed by atoms with Crippen LogP contribution in [0.4, 0.5) is 32.0 Å². The molecule has 1 amide bonds. The molecule has 1 saturated carbocycles. The Balaban J connectivity index is 1.67. The number of alkyl halides is 6. The molecule has 33 heavy (non-hydrogen) atoms. The van der Waals surface area contributed by atoms with Crippen LogP contribution in [0.1, 0.15) is 37.8 Å². The zero-order valence-corrected chi connectivity index (χ0v) is 18.4. The van der Waals surface area contributed by atoms with Crippen LogP contribution in [-0.2, 0) is 27.0 Å². The standard InChI is InChI=1S/C22H21F6NO3S/c1-20(2,33(31,32)18-5-3-4-15(12-18)22(26,27)28)16-10-13(11-16)19(30)29-17-8-6-14(7-9-17)21(23,24)25/h3-9,12-13,16H,10-11H2,1-2H3,(H,29,30). The highest BCUT2D eigenvalue weighted by Gasteiger charge is 2.50. The molecule has 0 aromatic heterocycles. The van der Waals surface area contributed by atoms with Crippen molar-refractivity contribution in [3.8, 4) is 0 Å². The number of rotatable bonds is 5. The van der Waals surface area contributed by atoms with Gasteiger partial charge in [0, 0.05) is 11.6 Å². The Morgan fingerprint density at radius 2 is 1.42 bits per heavy atom. The van der Waals surface area contributed by atoms with Gasteiger partial charge in [-0.1, -0.05) is 6.07 Å². The third kappa shape index (κ3) is 5.02. The van der Waals surface area contributed by atoms with Crippen molar-refractivity contribution in [3.05, 3.63) is 59.7 Å². The van der Waals surface area contributed by atoms with Crippen LogP contribution >= 0.6 is 0 Å². The average molecular weight is 493 g/mol. The molecule has 180 valence electrons. The van der Waals surface area contributed by atoms with Crippen molar-refractivity contribution in [1.82, 2.24) is 0 Å². The van der Waals surface area contributed by atoms with Crippen molar-refractivity contribution in [2.24, 2.45) is 11.8 Å². The van der Waals surface area contributed by atoms with E-state index in [2.05, 4.69) is 5.32 Å². The molecule has 0 bridgehead atoms. The van der Waals surface area contributed by atoms with Gasteiger partial charge in [0.25, 0.3) is 0 Å². The van der Waals surface area contributed by atoms with Crippen LogP contribution in [0.15, 0.2) is 53.4 Å². The van der Waals surface area contributed by atoms with E-state index in [9.17, 15) is 39.6 Å². The Morgan fingerprint density at radius 3 is 1.94 bits per heavy atom. The van der Waals surface area contributed by atoms with Crippen LogP contribution in [0.5, 0.6) is 0 Å². The summed E-state index contributed by atoms with van der Waals surface area (Å²) < 4.78 is 102. The lowest BCUT2D eigenvalue weighted by Crippen LogP contribution is -2.49. The number of amides is 1. The van der Waals surface area contributed by atoms with E-state index in [1.54, 1.807) is 0 Å². The van der Waals surface area contributed by atoms with E-state index < -0.39 is 60.7 Å². The summed E-state index contributed by atoms with van der Waals surface area (Å²) in [6.45, 7) is 2.83. The minimum atomic E-state index is -4.69. The van der Waals surface area contributed by atoms with Gasteiger partial charge >= 0.3 is 12.4 Å². The maximum absolute atomic E-state index is 13.1. The molecule has 1 N–H and O–H groups in total. The maximum Gasteiger partial charge on any atom is 0.416 e. The van der Waals surface area contributed by atoms with E-state index >= 15 is 0 Å². The Kier molecular flexibility index (Phi) is 6.33. The Labute approximate surface area is 186 Å². The highest BCUT2D eigenvalue weighted by atomic mass is 32.2. The van der Waals surface area contributed by atoms with Gasteiger partial charge in [-0.25, -0.2) is 8.42 Å². The van der Waals surface area contributed by atoms with Gasteiger partial charge in [0.2, 0.25) is 5.91 Å². The third-order valence-corrected chi connectivity index (χ3v) is 8.73. The summed E-state index contributed by atoms with van der Waals surface area (Å²) in [6.07, 6.45) is -8.83. The van der Waals surface area contributed by atoms with E-state index in [1.807, 2.05) is 0 Å². The van der Waals surface area contributed by atoms with Gasteiger partial charge in [-0.05, 0) is 75.1 Å². The van der Waals surface area contributed by atoms with Gasteiger partial charge in [-0.2, -0.15) is 26.3 Å². The molecule has 4 nitrogen and oxygen atoms in total. The quantitative estimate of drug-likeness (QED) is 0.525. The van der Waals surface area contributed by atoms with E-state index in [0.29, 0.717) is 6.07 Å². The summed E-state index contributed by atoms with van der Waals surface area (Å²) in [5.74, 6) is -1.51. The lowest BCUT2D eigenvalue weighted by atomic mass is 9.68. The van der Waals surface area contributed by atoms with Gasteiger partial charge in [-0.15, -0.1) is 0 Å². The summed E-state index contributed by atoms with van der Waals surface area (Å²) in [7, 11) is -4.15. The molecule has 0 unspecified atom stereocenters. The first-order chi connectivity index (χ1) is 15.0. The lowest BCUT2D eigenvalue weighted by molar-refractivity contribution is -0.138. The molecule has 3 rings (SSSR count). The Bertz CT molecular complexity index is 1130. The monoisotopic (exact) mass is 493 g/mol. The van der Waals surface area contributed by atoms with Crippen LogP contribution in [0.3, 0.4) is 0 Å². The van der Waals surface area contributed by atoms with Crippen molar-refractivity contribution in [2.75, 3.05) is 5.32 Å². The van der Waals surface area contributed by atoms with Gasteiger partial charge in [0.15, 0.2) is 9.84 Å². The normalized spacial score (nSPS) is 19.6. The molecule has 0 saturated heterocycles. The summed E-state index contributed by atoms with van der Waals surface area (Å²) in [4.78, 5) is 12.0. The van der Waals surface area contributed by atoms with Crippen molar-refractivity contribution in [2.45, 2.75) is 48.7 Å². The summed E-state index contributed by atoms with van der Waals surface area (Å²) in [6, 6.07) is 7.46. The maximum atomic E-state index is 13.1. The van der Waals surface area contributed by atoms with Crippen molar-refractivity contribution >= 4 is 21.4 Å². The average Bonchev–Trinajstić information content (AvgIpc) is 2.65. The minimum Gasteiger partial charge on any atom is -0.326 e. The van der Waals surface area contributed by atoms with E-state index in [1.165, 1.54) is 13.8 Å². The molecule has 11 heteroatoms. The van der Waals surface area contributed by atoms with Crippen LogP contribution < -0.4 is 5.32 Å². The molecule has 0 spiro atoms. The summed E-state index contributed by atoms with van der Waals surface area (Å²) in [5.41, 5.74) is -1.75. The fourth-order valence-electron chi connectivity index (χ4n) is 3.75. The van der Waals surface area contributed by atoms with E-state index in [4.69, 9.17) is 0 Å². The molecule has 0 aliphatic heterocycles. The van der Waals surface area contributed by atoms with Crippen LogP contribution in [0, 0.1) is 11.8 Å². The first kappa shape index (κ1) is 25.1. The molecule has 0 heterocycles. The van der Waals surface area contributed by atoms with Crippen molar-refractivity contribution < 1.29 is 39.6 Å². The summed E-state index contributed by atoms with van der Waals surface area (Å²) in [5, 5.41) is 2.51. The van der Waals surface area contributed by atoms with Gasteiger partial charge < -0.3 is 5.32 Å². The number of nitrogens with one attached hydrogen (secondary N) is 1. The number of halogens is 6. The topological polar surface area (TPSA) is 63.2 Å². The number of hydrogen-bond donors (Lipinski definition) is 1. The largest absolute Gasteiger partial charge is 0.416 e. The van der Waals surface area contributed by atoms with E-state index in [-0.39, 0.29) is 18.5 Å². The molecule has 2 aromatic rings. The first-order valence-electron chi connectivity index (χ1n) is 9.93. The highest BCUT2D eigenvalue weighted by molar-refractivity contribution is 7.92. The number of benzene rings is 2. The van der Waals surface area contributed by atoms with Gasteiger partial charge in [0.05, 0.1) is 20.8 Å². The SMILES string of the molecule is CC(C)(C1CC(C(=O)Nc2ccc(C(F)(F)F)cc2)C1)S(=O)(=O)c1cccc(C(F)(F)F)c1. The number of sulfone groups is 1. The van der Waals surface area contributed by atoms with Crippen molar-refractivity contribution in [3.63, 3.8) is 0 Å². The lowest BCUT2D eigenvalue weighted by Gasteiger charge is -2.44. The first-order valence-corrected chi connectivity index (χ1v) is 11.4. The zero-order valence-electron chi connectivity index (χ0n) is 17.6. The summed E-state index contributed by atoms with van der Waals surface area (Å²) >= 11 is 0. The van der Waals surface area contributed by atoms with Crippen LogP contribution in [0.2, 0.25) is 0 Å². The third-order valence-electron chi connectivity index (χ3n) is 6.14. The minimum absolute atomic E-state index is 0.173. The second-order valence-electron chi connectivity index (χ2n) is 8.56. The van der Waals surface area contributed by atoms with Gasteiger partial charge in [0.1, 0.15) is 0 Å². The highest BCUT2D eigenvalue weighted by Crippen LogP contribution is 2.47. The molecule has 0 radical (unpaired) electrons. The number of hydrogen-bond acceptors (Lipinski definition) is 3. The second kappa shape index (κ2) is 8.34. The smallest absolute Gasteiger partial charge is 0.326 e. The van der Waals surface area contributed by atoms with E-state index in [0.717, 1.165) is 42.5 Å². The van der Waals surface area contributed by atoms with Crippen LogP contribution in [-0.4, -0.2) is 19.1 Å². The second-order valence-corrected chi connectivity index (χ2v) is 11.1. The Hall–Kier alpha value is -2.56. The van der Waals surface area contributed by atoms with Crippen LogP contribution in [0.25, 0.3) is 0 Å². The molecule has 2 aromatic carbocycles. The molecule has 0 atom stereocenters. The predicted molar refractivity (Wildman–Crippen MR) is 109 cm³/mol. The number of anilines is 1. The number of carbonyl (C=O) groups is 1. The molecule has 1 aliphatic rings. The number of carbonyl (C=O) groups excluding carboxylic acids is 1. The molecule has 1 fully saturated rings.